The first-order valence-electron chi connectivity index (χ1n) is 5.59. The maximum absolute atomic E-state index is 10.7. The van der Waals surface area contributed by atoms with Crippen LogP contribution in [0.1, 0.15) is 31.9 Å². The Bertz CT molecular complexity index is 361. The number of rotatable bonds is 2. The summed E-state index contributed by atoms with van der Waals surface area (Å²) in [7, 11) is 1.86. The molecule has 2 rings (SSSR count). The third-order valence-electron chi connectivity index (χ3n) is 3.22. The molecule has 90 valence electrons. The Morgan fingerprint density at radius 2 is 2.50 bits per heavy atom. The summed E-state index contributed by atoms with van der Waals surface area (Å²) in [5.74, 6) is 0. The Labute approximate surface area is 104 Å². The van der Waals surface area contributed by atoms with Crippen molar-refractivity contribution in [2.24, 2.45) is 7.05 Å². The Balaban J connectivity index is 2.31. The van der Waals surface area contributed by atoms with Crippen LogP contribution in [0.4, 0.5) is 0 Å². The molecule has 16 heavy (non-hydrogen) atoms. The molecule has 0 amide bonds. The lowest BCUT2D eigenvalue weighted by Gasteiger charge is -2.36. The van der Waals surface area contributed by atoms with Gasteiger partial charge in [-0.1, -0.05) is 6.92 Å². The van der Waals surface area contributed by atoms with Crippen LogP contribution in [0.3, 0.4) is 0 Å². The van der Waals surface area contributed by atoms with Gasteiger partial charge in [-0.25, -0.2) is 0 Å². The zero-order valence-electron chi connectivity index (χ0n) is 9.61. The topological polar surface area (TPSA) is 47.3 Å². The molecule has 0 aliphatic carbocycles. The molecule has 0 aromatic carbocycles. The first-order valence-corrected chi connectivity index (χ1v) is 6.38. The Hall–Kier alpha value is -0.390. The highest BCUT2D eigenvalue weighted by atomic mass is 79.9. The Morgan fingerprint density at radius 3 is 3.06 bits per heavy atom. The Kier molecular flexibility index (Phi) is 3.37. The van der Waals surface area contributed by atoms with Crippen molar-refractivity contribution in [2.45, 2.75) is 37.9 Å². The average molecular weight is 289 g/mol. The summed E-state index contributed by atoms with van der Waals surface area (Å²) in [6, 6.07) is 0. The van der Waals surface area contributed by atoms with E-state index >= 15 is 0 Å². The van der Waals surface area contributed by atoms with Crippen LogP contribution in [0.15, 0.2) is 10.7 Å². The molecule has 2 heterocycles. The molecule has 0 saturated carbocycles. The lowest BCUT2D eigenvalue weighted by Crippen LogP contribution is -2.40. The van der Waals surface area contributed by atoms with Gasteiger partial charge in [-0.3, -0.25) is 4.68 Å². The summed E-state index contributed by atoms with van der Waals surface area (Å²) < 4.78 is 8.20. The second-order valence-corrected chi connectivity index (χ2v) is 5.21. The highest BCUT2D eigenvalue weighted by Crippen LogP contribution is 2.38. The predicted octanol–water partition coefficient (Wildman–Crippen LogP) is 1.96. The number of aliphatic hydroxyl groups is 1. The fourth-order valence-corrected chi connectivity index (χ4v) is 3.06. The van der Waals surface area contributed by atoms with Crippen molar-refractivity contribution in [3.8, 4) is 0 Å². The van der Waals surface area contributed by atoms with E-state index < -0.39 is 5.60 Å². The smallest absolute Gasteiger partial charge is 0.112 e. The molecule has 0 radical (unpaired) electrons. The van der Waals surface area contributed by atoms with E-state index in [1.54, 1.807) is 10.9 Å². The maximum Gasteiger partial charge on any atom is 0.112 e. The number of halogens is 1. The summed E-state index contributed by atoms with van der Waals surface area (Å²) in [4.78, 5) is 0. The van der Waals surface area contributed by atoms with E-state index in [-0.39, 0.29) is 6.10 Å². The number of nitrogens with zero attached hydrogens (tertiary/aromatic N) is 2. The standard InChI is InChI=1S/C11H17BrN2O2/c1-3-8-6-11(15,4-5-16-8)10-9(12)7-13-14(10)2/h7-8,15H,3-6H2,1-2H3. The lowest BCUT2D eigenvalue weighted by molar-refractivity contribution is -0.112. The van der Waals surface area contributed by atoms with Crippen molar-refractivity contribution in [1.82, 2.24) is 9.78 Å². The fourth-order valence-electron chi connectivity index (χ4n) is 2.34. The third-order valence-corrected chi connectivity index (χ3v) is 3.81. The second kappa shape index (κ2) is 4.47. The molecule has 1 saturated heterocycles. The third kappa shape index (κ3) is 2.04. The first kappa shape index (κ1) is 12.1. The molecule has 1 aliphatic rings. The number of ether oxygens (including phenoxy) is 1. The van der Waals surface area contributed by atoms with E-state index in [0.717, 1.165) is 16.6 Å². The van der Waals surface area contributed by atoms with Crippen LogP contribution in [-0.4, -0.2) is 27.6 Å². The van der Waals surface area contributed by atoms with Crippen molar-refractivity contribution in [3.63, 3.8) is 0 Å². The largest absolute Gasteiger partial charge is 0.383 e. The highest BCUT2D eigenvalue weighted by molar-refractivity contribution is 9.10. The minimum absolute atomic E-state index is 0.139. The second-order valence-electron chi connectivity index (χ2n) is 4.35. The summed E-state index contributed by atoms with van der Waals surface area (Å²) in [6.45, 7) is 2.68. The number of hydrogen-bond donors (Lipinski definition) is 1. The van der Waals surface area contributed by atoms with Crippen molar-refractivity contribution >= 4 is 15.9 Å². The SMILES string of the molecule is CCC1CC(O)(c2c(Br)cnn2C)CCO1. The van der Waals surface area contributed by atoms with E-state index in [1.165, 1.54) is 0 Å². The Morgan fingerprint density at radius 1 is 1.75 bits per heavy atom. The van der Waals surface area contributed by atoms with Gasteiger partial charge in [0.1, 0.15) is 5.60 Å². The van der Waals surface area contributed by atoms with Crippen molar-refractivity contribution in [3.05, 3.63) is 16.4 Å². The zero-order chi connectivity index (χ0) is 11.8. The van der Waals surface area contributed by atoms with Crippen LogP contribution < -0.4 is 0 Å². The van der Waals surface area contributed by atoms with Crippen LogP contribution >= 0.6 is 15.9 Å². The van der Waals surface area contributed by atoms with Gasteiger partial charge >= 0.3 is 0 Å². The normalized spacial score (nSPS) is 30.6. The van der Waals surface area contributed by atoms with Crippen molar-refractivity contribution in [2.75, 3.05) is 6.61 Å². The van der Waals surface area contributed by atoms with Gasteiger partial charge in [0.25, 0.3) is 0 Å². The van der Waals surface area contributed by atoms with Gasteiger partial charge in [0, 0.05) is 19.9 Å². The van der Waals surface area contributed by atoms with Crippen LogP contribution in [0.2, 0.25) is 0 Å². The quantitative estimate of drug-likeness (QED) is 0.905. The van der Waals surface area contributed by atoms with E-state index in [0.29, 0.717) is 19.4 Å². The van der Waals surface area contributed by atoms with Gasteiger partial charge in [-0.15, -0.1) is 0 Å². The monoisotopic (exact) mass is 288 g/mol. The summed E-state index contributed by atoms with van der Waals surface area (Å²) >= 11 is 3.45. The molecule has 1 aromatic rings. The van der Waals surface area contributed by atoms with Gasteiger partial charge < -0.3 is 9.84 Å². The number of aromatic nitrogens is 2. The molecule has 1 N–H and O–H groups in total. The maximum atomic E-state index is 10.7. The van der Waals surface area contributed by atoms with Gasteiger partial charge in [-0.2, -0.15) is 5.10 Å². The van der Waals surface area contributed by atoms with Gasteiger partial charge in [0.05, 0.1) is 29.1 Å². The average Bonchev–Trinajstić information content (AvgIpc) is 2.59. The van der Waals surface area contributed by atoms with E-state index in [2.05, 4.69) is 28.0 Å². The van der Waals surface area contributed by atoms with E-state index in [4.69, 9.17) is 4.74 Å². The molecule has 2 atom stereocenters. The lowest BCUT2D eigenvalue weighted by atomic mass is 9.86. The fraction of sp³-hybridized carbons (Fsp3) is 0.727. The van der Waals surface area contributed by atoms with Crippen molar-refractivity contribution < 1.29 is 9.84 Å². The molecule has 0 bridgehead atoms. The molecule has 1 aromatic heterocycles. The molecule has 2 unspecified atom stereocenters. The predicted molar refractivity (Wildman–Crippen MR) is 64.1 cm³/mol. The van der Waals surface area contributed by atoms with Gasteiger partial charge in [0.15, 0.2) is 0 Å². The minimum Gasteiger partial charge on any atom is -0.383 e. The summed E-state index contributed by atoms with van der Waals surface area (Å²) in [5.41, 5.74) is 0.0393. The van der Waals surface area contributed by atoms with Crippen LogP contribution in [0.25, 0.3) is 0 Å². The number of aryl methyl sites for hydroxylation is 1. The van der Waals surface area contributed by atoms with E-state index in [9.17, 15) is 5.11 Å². The molecular formula is C11H17BrN2O2. The minimum atomic E-state index is -0.816. The summed E-state index contributed by atoms with van der Waals surface area (Å²) in [6.07, 6.45) is 4.06. The highest BCUT2D eigenvalue weighted by Gasteiger charge is 2.39. The molecule has 1 aliphatic heterocycles. The first-order chi connectivity index (χ1) is 7.57. The molecular weight excluding hydrogens is 272 g/mol. The van der Waals surface area contributed by atoms with Crippen molar-refractivity contribution in [1.29, 1.82) is 0 Å². The molecule has 5 heteroatoms. The van der Waals surface area contributed by atoms with Crippen LogP contribution in [0, 0.1) is 0 Å². The molecule has 0 spiro atoms. The van der Waals surface area contributed by atoms with E-state index in [1.807, 2.05) is 7.05 Å². The molecule has 1 fully saturated rings. The zero-order valence-corrected chi connectivity index (χ0v) is 11.2. The summed E-state index contributed by atoms with van der Waals surface area (Å²) in [5, 5.41) is 14.9. The van der Waals surface area contributed by atoms with Crippen LogP contribution in [0.5, 0.6) is 0 Å². The van der Waals surface area contributed by atoms with Gasteiger partial charge in [0.2, 0.25) is 0 Å². The number of hydrogen-bond acceptors (Lipinski definition) is 3. The van der Waals surface area contributed by atoms with Crippen LogP contribution in [-0.2, 0) is 17.4 Å². The van der Waals surface area contributed by atoms with Gasteiger partial charge in [-0.05, 0) is 22.4 Å². The molecule has 4 nitrogen and oxygen atoms in total.